The van der Waals surface area contributed by atoms with Crippen LogP contribution in [-0.4, -0.2) is 22.7 Å². The van der Waals surface area contributed by atoms with Crippen molar-refractivity contribution < 1.29 is 17.4 Å². The highest BCUT2D eigenvalue weighted by atomic mass is 35.5. The Morgan fingerprint density at radius 1 is 1.28 bits per heavy atom. The van der Waals surface area contributed by atoms with Gasteiger partial charge >= 0.3 is 6.18 Å². The summed E-state index contributed by atoms with van der Waals surface area (Å²) in [4.78, 5) is 0.0172. The van der Waals surface area contributed by atoms with Crippen LogP contribution in [0.3, 0.4) is 0 Å². The van der Waals surface area contributed by atoms with E-state index in [0.717, 1.165) is 0 Å². The first-order valence-electron chi connectivity index (χ1n) is 4.86. The highest BCUT2D eigenvalue weighted by Gasteiger charge is 2.40. The zero-order valence-corrected chi connectivity index (χ0v) is 11.3. The zero-order valence-electron chi connectivity index (χ0n) is 9.01. The molecule has 0 aliphatic rings. The summed E-state index contributed by atoms with van der Waals surface area (Å²) in [6.07, 6.45) is -4.49. The molecule has 0 aliphatic carbocycles. The molecule has 102 valence electrons. The molecule has 2 atom stereocenters. The van der Waals surface area contributed by atoms with E-state index in [0.29, 0.717) is 0 Å². The van der Waals surface area contributed by atoms with E-state index in [9.17, 15) is 17.4 Å². The van der Waals surface area contributed by atoms with Crippen molar-refractivity contribution in [3.8, 4) is 0 Å². The Morgan fingerprint density at radius 2 is 1.78 bits per heavy atom. The molecule has 0 saturated carbocycles. The lowest BCUT2D eigenvalue weighted by atomic mass is 10.2. The van der Waals surface area contributed by atoms with Gasteiger partial charge in [0.15, 0.2) is 0 Å². The molecule has 1 aromatic carbocycles. The standard InChI is InChI=1S/C10H10Cl2F3NOS/c11-7-2-1-3-8(12)9(7)18(17)5-6(4-16)10(13,14)15/h1-3,6H,4-5,16H2. The quantitative estimate of drug-likeness (QED) is 0.925. The third-order valence-electron chi connectivity index (χ3n) is 2.25. The first-order chi connectivity index (χ1) is 8.27. The molecule has 0 amide bonds. The van der Waals surface area contributed by atoms with Crippen LogP contribution in [0.5, 0.6) is 0 Å². The molecule has 0 aromatic heterocycles. The van der Waals surface area contributed by atoms with Crippen LogP contribution in [0.25, 0.3) is 0 Å². The molecule has 1 aromatic rings. The van der Waals surface area contributed by atoms with Gasteiger partial charge < -0.3 is 5.73 Å². The molecule has 0 aliphatic heterocycles. The fraction of sp³-hybridized carbons (Fsp3) is 0.400. The summed E-state index contributed by atoms with van der Waals surface area (Å²) >= 11 is 11.6. The summed E-state index contributed by atoms with van der Waals surface area (Å²) < 4.78 is 49.4. The smallest absolute Gasteiger partial charge is 0.330 e. The van der Waals surface area contributed by atoms with Crippen molar-refractivity contribution in [1.29, 1.82) is 0 Å². The van der Waals surface area contributed by atoms with Crippen LogP contribution in [0.4, 0.5) is 13.2 Å². The van der Waals surface area contributed by atoms with Gasteiger partial charge in [-0.05, 0) is 12.1 Å². The summed E-state index contributed by atoms with van der Waals surface area (Å²) in [6, 6.07) is 4.37. The van der Waals surface area contributed by atoms with E-state index < -0.39 is 35.2 Å². The van der Waals surface area contributed by atoms with Crippen LogP contribution in [0.2, 0.25) is 10.0 Å². The topological polar surface area (TPSA) is 43.1 Å². The number of hydrogen-bond donors (Lipinski definition) is 1. The largest absolute Gasteiger partial charge is 0.393 e. The maximum Gasteiger partial charge on any atom is 0.393 e. The Kier molecular flexibility index (Phi) is 5.46. The lowest BCUT2D eigenvalue weighted by Gasteiger charge is -2.18. The average molecular weight is 320 g/mol. The van der Waals surface area contributed by atoms with E-state index in [-0.39, 0.29) is 14.9 Å². The van der Waals surface area contributed by atoms with Crippen LogP contribution in [0.1, 0.15) is 0 Å². The van der Waals surface area contributed by atoms with Gasteiger partial charge in [-0.2, -0.15) is 13.2 Å². The second-order valence-electron chi connectivity index (χ2n) is 3.54. The Balaban J connectivity index is 2.95. The van der Waals surface area contributed by atoms with E-state index >= 15 is 0 Å². The van der Waals surface area contributed by atoms with Gasteiger partial charge in [0, 0.05) is 12.3 Å². The molecule has 18 heavy (non-hydrogen) atoms. The molecule has 2 unspecified atom stereocenters. The normalized spacial score (nSPS) is 15.4. The van der Waals surface area contributed by atoms with E-state index in [1.807, 2.05) is 0 Å². The predicted octanol–water partition coefficient (Wildman–Crippen LogP) is 3.24. The van der Waals surface area contributed by atoms with Crippen LogP contribution < -0.4 is 5.73 Å². The summed E-state index contributed by atoms with van der Waals surface area (Å²) in [5, 5.41) is 0.164. The minimum atomic E-state index is -4.49. The van der Waals surface area contributed by atoms with Gasteiger partial charge in [-0.15, -0.1) is 0 Å². The minimum Gasteiger partial charge on any atom is -0.330 e. The molecule has 2 N–H and O–H groups in total. The summed E-state index contributed by atoms with van der Waals surface area (Å²) in [7, 11) is -1.95. The summed E-state index contributed by atoms with van der Waals surface area (Å²) in [5.41, 5.74) is 5.04. The second kappa shape index (κ2) is 6.23. The Morgan fingerprint density at radius 3 is 2.17 bits per heavy atom. The summed E-state index contributed by atoms with van der Waals surface area (Å²) in [5.74, 6) is -2.49. The lowest BCUT2D eigenvalue weighted by Crippen LogP contribution is -2.34. The van der Waals surface area contributed by atoms with Crippen molar-refractivity contribution in [2.75, 3.05) is 12.3 Å². The van der Waals surface area contributed by atoms with Crippen molar-refractivity contribution in [1.82, 2.24) is 0 Å². The maximum absolute atomic E-state index is 12.5. The first-order valence-corrected chi connectivity index (χ1v) is 6.94. The van der Waals surface area contributed by atoms with Crippen molar-refractivity contribution in [2.24, 2.45) is 11.7 Å². The second-order valence-corrected chi connectivity index (χ2v) is 5.78. The molecule has 2 nitrogen and oxygen atoms in total. The molecule has 0 heterocycles. The van der Waals surface area contributed by atoms with Gasteiger partial charge in [0.05, 0.1) is 31.7 Å². The zero-order chi connectivity index (χ0) is 13.9. The van der Waals surface area contributed by atoms with Crippen molar-refractivity contribution in [2.45, 2.75) is 11.1 Å². The van der Waals surface area contributed by atoms with E-state index in [4.69, 9.17) is 28.9 Å². The number of nitrogens with two attached hydrogens (primary N) is 1. The van der Waals surface area contributed by atoms with Crippen LogP contribution >= 0.6 is 23.2 Å². The fourth-order valence-corrected chi connectivity index (χ4v) is 3.60. The van der Waals surface area contributed by atoms with Crippen LogP contribution in [0, 0.1) is 5.92 Å². The average Bonchev–Trinajstić information content (AvgIpc) is 2.24. The third kappa shape index (κ3) is 3.85. The molecular weight excluding hydrogens is 310 g/mol. The maximum atomic E-state index is 12.5. The SMILES string of the molecule is NCC(CS(=O)c1c(Cl)cccc1Cl)C(F)(F)F. The molecule has 8 heteroatoms. The molecule has 0 spiro atoms. The highest BCUT2D eigenvalue weighted by molar-refractivity contribution is 7.85. The van der Waals surface area contributed by atoms with Gasteiger partial charge in [0.2, 0.25) is 0 Å². The summed E-state index contributed by atoms with van der Waals surface area (Å²) in [6.45, 7) is -0.628. The van der Waals surface area contributed by atoms with Crippen LogP contribution in [0.15, 0.2) is 23.1 Å². The van der Waals surface area contributed by atoms with Crippen molar-refractivity contribution >= 4 is 34.0 Å². The number of benzene rings is 1. The van der Waals surface area contributed by atoms with Gasteiger partial charge in [0.25, 0.3) is 0 Å². The Hall–Kier alpha value is -0.300. The van der Waals surface area contributed by atoms with Gasteiger partial charge in [-0.1, -0.05) is 29.3 Å². The highest BCUT2D eigenvalue weighted by Crippen LogP contribution is 2.32. The first kappa shape index (κ1) is 15.8. The Bertz CT molecular complexity index is 433. The van der Waals surface area contributed by atoms with Gasteiger partial charge in [-0.3, -0.25) is 4.21 Å². The molecular formula is C10H10Cl2F3NOS. The molecule has 0 saturated heterocycles. The molecule has 0 fully saturated rings. The van der Waals surface area contributed by atoms with E-state index in [2.05, 4.69) is 0 Å². The van der Waals surface area contributed by atoms with E-state index in [1.165, 1.54) is 18.2 Å². The van der Waals surface area contributed by atoms with Gasteiger partial charge in [0.1, 0.15) is 0 Å². The monoisotopic (exact) mass is 319 g/mol. The van der Waals surface area contributed by atoms with Crippen molar-refractivity contribution in [3.05, 3.63) is 28.2 Å². The number of alkyl halides is 3. The number of hydrogen-bond acceptors (Lipinski definition) is 2. The molecule has 0 radical (unpaired) electrons. The third-order valence-corrected chi connectivity index (χ3v) is 4.70. The fourth-order valence-electron chi connectivity index (χ4n) is 1.26. The number of halogens is 5. The van der Waals surface area contributed by atoms with Gasteiger partial charge in [-0.25, -0.2) is 0 Å². The Labute approximate surface area is 115 Å². The minimum absolute atomic E-state index is 0.0172. The van der Waals surface area contributed by atoms with Crippen LogP contribution in [-0.2, 0) is 10.8 Å². The van der Waals surface area contributed by atoms with E-state index in [1.54, 1.807) is 0 Å². The number of rotatable bonds is 4. The molecule has 0 bridgehead atoms. The lowest BCUT2D eigenvalue weighted by molar-refractivity contribution is -0.165. The van der Waals surface area contributed by atoms with Crippen molar-refractivity contribution in [3.63, 3.8) is 0 Å². The molecule has 1 rings (SSSR count). The predicted molar refractivity (Wildman–Crippen MR) is 66.3 cm³/mol.